The summed E-state index contributed by atoms with van der Waals surface area (Å²) in [6.45, 7) is -0.690. The molecule has 5 N–H and O–H groups in total. The van der Waals surface area contributed by atoms with Crippen molar-refractivity contribution in [1.82, 2.24) is 0 Å². The summed E-state index contributed by atoms with van der Waals surface area (Å²) in [5.74, 6) is -1.43. The molecular formula is C2H8NNaO4P+. The summed E-state index contributed by atoms with van der Waals surface area (Å²) in [5, 5.41) is 8.05. The first-order chi connectivity index (χ1) is 3.48. The Balaban J connectivity index is 0. The van der Waals surface area contributed by atoms with Crippen LogP contribution >= 0.6 is 7.60 Å². The zero-order valence-electron chi connectivity index (χ0n) is 5.06. The van der Waals surface area contributed by atoms with Gasteiger partial charge in [-0.3, -0.25) is 4.57 Å². The maximum Gasteiger partial charge on any atom is 1.00 e. The van der Waals surface area contributed by atoms with Crippen LogP contribution in [0, 0.1) is 0 Å². The predicted octanol–water partition coefficient (Wildman–Crippen LogP) is -4.55. The molecule has 7 heteroatoms. The zero-order chi connectivity index (χ0) is 6.78. The Kier molecular flexibility index (Phi) is 6.81. The van der Waals surface area contributed by atoms with E-state index in [1.165, 1.54) is 0 Å². The van der Waals surface area contributed by atoms with Crippen molar-refractivity contribution in [3.05, 3.63) is 0 Å². The van der Waals surface area contributed by atoms with Crippen molar-refractivity contribution in [3.8, 4) is 0 Å². The Morgan fingerprint density at radius 1 is 1.56 bits per heavy atom. The van der Waals surface area contributed by atoms with E-state index in [9.17, 15) is 4.57 Å². The first-order valence-electron chi connectivity index (χ1n) is 1.90. The second-order valence-electron chi connectivity index (χ2n) is 1.34. The van der Waals surface area contributed by atoms with E-state index in [-0.39, 0.29) is 29.6 Å². The van der Waals surface area contributed by atoms with Crippen LogP contribution in [-0.2, 0) is 4.57 Å². The maximum atomic E-state index is 9.97. The van der Waals surface area contributed by atoms with Crippen molar-refractivity contribution in [2.45, 2.75) is 5.78 Å². The van der Waals surface area contributed by atoms with Crippen molar-refractivity contribution in [2.24, 2.45) is 5.73 Å². The normalized spacial score (nSPS) is 14.2. The molecular weight excluding hydrogens is 156 g/mol. The van der Waals surface area contributed by atoms with Crippen molar-refractivity contribution in [2.75, 3.05) is 6.61 Å². The van der Waals surface area contributed by atoms with Crippen LogP contribution in [-0.4, -0.2) is 27.3 Å². The maximum absolute atomic E-state index is 9.97. The van der Waals surface area contributed by atoms with Gasteiger partial charge in [0.25, 0.3) is 0 Å². The van der Waals surface area contributed by atoms with E-state index in [1.807, 2.05) is 0 Å². The van der Waals surface area contributed by atoms with Crippen molar-refractivity contribution in [3.63, 3.8) is 0 Å². The standard InChI is InChI=1S/C2H8NO4P.Na/c3-2(1-4)8(5,6)7;/h2,4H,1,3H2,(H2,5,6,7);/q;+1. The minimum atomic E-state index is -4.23. The molecule has 0 heterocycles. The first-order valence-corrected chi connectivity index (χ1v) is 3.58. The molecule has 0 radical (unpaired) electrons. The number of rotatable bonds is 2. The van der Waals surface area contributed by atoms with Gasteiger partial charge in [-0.25, -0.2) is 0 Å². The monoisotopic (exact) mass is 164 g/mol. The molecule has 1 unspecified atom stereocenters. The van der Waals surface area contributed by atoms with Crippen LogP contribution < -0.4 is 35.3 Å². The predicted molar refractivity (Wildman–Crippen MR) is 27.1 cm³/mol. The summed E-state index contributed by atoms with van der Waals surface area (Å²) < 4.78 is 9.97. The third kappa shape index (κ3) is 5.51. The number of nitrogens with two attached hydrogens (primary N) is 1. The Labute approximate surface area is 74.7 Å². The molecule has 0 saturated carbocycles. The van der Waals surface area contributed by atoms with Gasteiger partial charge in [0.2, 0.25) is 0 Å². The molecule has 0 aromatic rings. The molecule has 0 aromatic carbocycles. The first kappa shape index (κ1) is 12.7. The summed E-state index contributed by atoms with van der Waals surface area (Å²) in [4.78, 5) is 16.2. The van der Waals surface area contributed by atoms with E-state index in [0.717, 1.165) is 0 Å². The molecule has 0 aromatic heterocycles. The second-order valence-corrected chi connectivity index (χ2v) is 3.18. The number of hydrogen-bond acceptors (Lipinski definition) is 3. The van der Waals surface area contributed by atoms with Gasteiger partial charge in [-0.05, 0) is 0 Å². The molecule has 9 heavy (non-hydrogen) atoms. The third-order valence-corrected chi connectivity index (χ3v) is 1.65. The van der Waals surface area contributed by atoms with Crippen LogP contribution in [0.15, 0.2) is 0 Å². The summed E-state index contributed by atoms with van der Waals surface area (Å²) in [6.07, 6.45) is 0. The fraction of sp³-hybridized carbons (Fsp3) is 1.00. The van der Waals surface area contributed by atoms with E-state index in [4.69, 9.17) is 20.6 Å². The summed E-state index contributed by atoms with van der Waals surface area (Å²) >= 11 is 0. The minimum absolute atomic E-state index is 0. The molecule has 0 aliphatic rings. The van der Waals surface area contributed by atoms with Crippen LogP contribution in [0.25, 0.3) is 0 Å². The molecule has 0 saturated heterocycles. The molecule has 0 rings (SSSR count). The van der Waals surface area contributed by atoms with Gasteiger partial charge in [0, 0.05) is 0 Å². The average Bonchev–Trinajstić information content (AvgIpc) is 1.62. The van der Waals surface area contributed by atoms with Gasteiger partial charge in [-0.2, -0.15) is 0 Å². The topological polar surface area (TPSA) is 104 Å². The second kappa shape index (κ2) is 4.82. The molecule has 0 aliphatic carbocycles. The van der Waals surface area contributed by atoms with Gasteiger partial charge in [-0.15, -0.1) is 0 Å². The quantitative estimate of drug-likeness (QED) is 0.243. The van der Waals surface area contributed by atoms with E-state index in [0.29, 0.717) is 0 Å². The SMILES string of the molecule is NC(CO)P(=O)(O)O.[Na+]. The minimum Gasteiger partial charge on any atom is -0.394 e. The molecule has 5 nitrogen and oxygen atoms in total. The number of aliphatic hydroxyl groups excluding tert-OH is 1. The van der Waals surface area contributed by atoms with Crippen molar-refractivity contribution >= 4 is 7.60 Å². The zero-order valence-corrected chi connectivity index (χ0v) is 7.95. The van der Waals surface area contributed by atoms with Gasteiger partial charge in [0.1, 0.15) is 5.78 Å². The van der Waals surface area contributed by atoms with E-state index in [2.05, 4.69) is 0 Å². The smallest absolute Gasteiger partial charge is 0.394 e. The van der Waals surface area contributed by atoms with Crippen LogP contribution in [0.2, 0.25) is 0 Å². The van der Waals surface area contributed by atoms with Gasteiger partial charge < -0.3 is 20.6 Å². The molecule has 0 spiro atoms. The summed E-state index contributed by atoms with van der Waals surface area (Å²) in [5.41, 5.74) is 4.74. The molecule has 0 bridgehead atoms. The van der Waals surface area contributed by atoms with E-state index >= 15 is 0 Å². The van der Waals surface area contributed by atoms with Crippen LogP contribution in [0.1, 0.15) is 0 Å². The number of hydrogen-bond donors (Lipinski definition) is 4. The molecule has 0 fully saturated rings. The average molecular weight is 164 g/mol. The Morgan fingerprint density at radius 3 is 1.89 bits per heavy atom. The fourth-order valence-corrected chi connectivity index (χ4v) is 0.319. The van der Waals surface area contributed by atoms with Crippen molar-refractivity contribution < 1.29 is 49.0 Å². The summed E-state index contributed by atoms with van der Waals surface area (Å²) in [7, 11) is -4.23. The Morgan fingerprint density at radius 2 is 1.89 bits per heavy atom. The largest absolute Gasteiger partial charge is 1.00 e. The Bertz CT molecular complexity index is 113. The van der Waals surface area contributed by atoms with Crippen LogP contribution in [0.4, 0.5) is 0 Å². The van der Waals surface area contributed by atoms with Crippen molar-refractivity contribution in [1.29, 1.82) is 0 Å². The fourth-order valence-electron chi connectivity index (χ4n) is 0.106. The van der Waals surface area contributed by atoms with E-state index < -0.39 is 20.0 Å². The number of aliphatic hydroxyl groups is 1. The van der Waals surface area contributed by atoms with Crippen LogP contribution in [0.5, 0.6) is 0 Å². The molecule has 50 valence electrons. The van der Waals surface area contributed by atoms with Gasteiger partial charge in [0.15, 0.2) is 0 Å². The van der Waals surface area contributed by atoms with Crippen LogP contribution in [0.3, 0.4) is 0 Å². The molecule has 0 aliphatic heterocycles. The van der Waals surface area contributed by atoms with Gasteiger partial charge >= 0.3 is 37.2 Å². The van der Waals surface area contributed by atoms with Gasteiger partial charge in [-0.1, -0.05) is 0 Å². The van der Waals surface area contributed by atoms with Gasteiger partial charge in [0.05, 0.1) is 6.61 Å². The molecule has 0 amide bonds. The Hall–Kier alpha value is 1.07. The molecule has 1 atom stereocenters. The summed E-state index contributed by atoms with van der Waals surface area (Å²) in [6, 6.07) is 0. The van der Waals surface area contributed by atoms with E-state index in [1.54, 1.807) is 0 Å². The third-order valence-electron chi connectivity index (χ3n) is 0.619.